The molecule has 1 aromatic rings. The fourth-order valence-corrected chi connectivity index (χ4v) is 3.05. The highest BCUT2D eigenvalue weighted by Crippen LogP contribution is 2.15. The lowest BCUT2D eigenvalue weighted by Gasteiger charge is -2.33. The Kier molecular flexibility index (Phi) is 11.0. The summed E-state index contributed by atoms with van der Waals surface area (Å²) in [6, 6.07) is 6.77. The zero-order valence-electron chi connectivity index (χ0n) is 15.0. The van der Waals surface area contributed by atoms with Crippen LogP contribution in [0.1, 0.15) is 38.3 Å². The molecule has 1 aliphatic heterocycles. The van der Waals surface area contributed by atoms with E-state index in [2.05, 4.69) is 38.5 Å². The van der Waals surface area contributed by atoms with Crippen LogP contribution in [0.15, 0.2) is 29.4 Å². The number of piperidine rings is 1. The van der Waals surface area contributed by atoms with E-state index >= 15 is 0 Å². The summed E-state index contributed by atoms with van der Waals surface area (Å²) >= 11 is 0. The van der Waals surface area contributed by atoms with Crippen LogP contribution in [0.4, 0.5) is 0 Å². The normalized spacial score (nSPS) is 18.8. The molecule has 1 saturated heterocycles. The zero-order valence-corrected chi connectivity index (χ0v) is 17.3. The van der Waals surface area contributed by atoms with E-state index in [4.69, 9.17) is 0 Å². The number of nitrogens with one attached hydrogen (secondary N) is 2. The molecule has 0 amide bonds. The van der Waals surface area contributed by atoms with Crippen LogP contribution >= 0.6 is 24.0 Å². The summed E-state index contributed by atoms with van der Waals surface area (Å²) in [6.07, 6.45) is 8.00. The molecule has 5 nitrogen and oxygen atoms in total. The number of hydrogen-bond acceptors (Lipinski definition) is 3. The lowest BCUT2D eigenvalue weighted by atomic mass is 10.0. The molecule has 1 atom stereocenters. The first-order valence-electron chi connectivity index (χ1n) is 8.88. The van der Waals surface area contributed by atoms with Gasteiger partial charge in [-0.05, 0) is 44.9 Å². The molecule has 1 aliphatic rings. The van der Waals surface area contributed by atoms with Crippen molar-refractivity contribution >= 4 is 29.9 Å². The zero-order chi connectivity index (χ0) is 16.3. The number of aromatic nitrogens is 1. The van der Waals surface area contributed by atoms with Crippen molar-refractivity contribution in [2.45, 2.75) is 45.1 Å². The lowest BCUT2D eigenvalue weighted by Crippen LogP contribution is -2.41. The SMILES string of the molecule is CN=C(NCCCN1CCCCC1C)NCCc1ccccn1.I. The van der Waals surface area contributed by atoms with Crippen LogP contribution in [0.3, 0.4) is 0 Å². The predicted octanol–water partition coefficient (Wildman–Crippen LogP) is 2.67. The molecule has 2 N–H and O–H groups in total. The van der Waals surface area contributed by atoms with Gasteiger partial charge in [0.15, 0.2) is 5.96 Å². The van der Waals surface area contributed by atoms with Crippen molar-refractivity contribution in [2.24, 2.45) is 4.99 Å². The van der Waals surface area contributed by atoms with Crippen LogP contribution in [-0.4, -0.2) is 55.1 Å². The number of nitrogens with zero attached hydrogens (tertiary/aromatic N) is 3. The smallest absolute Gasteiger partial charge is 0.190 e. The number of guanidine groups is 1. The Bertz CT molecular complexity index is 466. The molecule has 0 bridgehead atoms. The fourth-order valence-electron chi connectivity index (χ4n) is 3.05. The van der Waals surface area contributed by atoms with Gasteiger partial charge < -0.3 is 15.5 Å². The van der Waals surface area contributed by atoms with Gasteiger partial charge in [0.25, 0.3) is 0 Å². The van der Waals surface area contributed by atoms with Crippen molar-refractivity contribution in [2.75, 3.05) is 33.2 Å². The Labute approximate surface area is 163 Å². The maximum atomic E-state index is 4.33. The van der Waals surface area contributed by atoms with E-state index in [-0.39, 0.29) is 24.0 Å². The van der Waals surface area contributed by atoms with Crippen LogP contribution < -0.4 is 10.6 Å². The van der Waals surface area contributed by atoms with E-state index in [0.717, 1.165) is 43.6 Å². The molecule has 1 unspecified atom stereocenters. The van der Waals surface area contributed by atoms with Gasteiger partial charge in [0.1, 0.15) is 0 Å². The van der Waals surface area contributed by atoms with Gasteiger partial charge in [-0.1, -0.05) is 12.5 Å². The minimum atomic E-state index is 0. The summed E-state index contributed by atoms with van der Waals surface area (Å²) in [6.45, 7) is 6.61. The maximum absolute atomic E-state index is 4.33. The van der Waals surface area contributed by atoms with Gasteiger partial charge in [0.05, 0.1) is 0 Å². The first-order valence-corrected chi connectivity index (χ1v) is 8.88. The first-order chi connectivity index (χ1) is 11.3. The number of likely N-dealkylation sites (tertiary alicyclic amines) is 1. The summed E-state index contributed by atoms with van der Waals surface area (Å²) in [5, 5.41) is 6.75. The summed E-state index contributed by atoms with van der Waals surface area (Å²) in [5.74, 6) is 0.882. The largest absolute Gasteiger partial charge is 0.356 e. The quantitative estimate of drug-likeness (QED) is 0.293. The van der Waals surface area contributed by atoms with E-state index in [0.29, 0.717) is 0 Å². The molecule has 0 aliphatic carbocycles. The van der Waals surface area contributed by atoms with Gasteiger partial charge in [-0.15, -0.1) is 24.0 Å². The molecule has 136 valence electrons. The third kappa shape index (κ3) is 7.79. The Morgan fingerprint density at radius 1 is 1.29 bits per heavy atom. The van der Waals surface area contributed by atoms with E-state index in [1.807, 2.05) is 25.4 Å². The van der Waals surface area contributed by atoms with E-state index < -0.39 is 0 Å². The second kappa shape index (κ2) is 12.5. The Morgan fingerprint density at radius 3 is 2.83 bits per heavy atom. The van der Waals surface area contributed by atoms with Gasteiger partial charge in [0.2, 0.25) is 0 Å². The van der Waals surface area contributed by atoms with Crippen molar-refractivity contribution < 1.29 is 0 Å². The van der Waals surface area contributed by atoms with Crippen molar-refractivity contribution in [3.05, 3.63) is 30.1 Å². The molecule has 6 heteroatoms. The average Bonchev–Trinajstić information content (AvgIpc) is 2.59. The van der Waals surface area contributed by atoms with Crippen LogP contribution in [0.2, 0.25) is 0 Å². The van der Waals surface area contributed by atoms with Crippen molar-refractivity contribution in [1.82, 2.24) is 20.5 Å². The molecule has 0 saturated carbocycles. The number of hydrogen-bond donors (Lipinski definition) is 2. The molecule has 1 aromatic heterocycles. The maximum Gasteiger partial charge on any atom is 0.190 e. The van der Waals surface area contributed by atoms with Gasteiger partial charge in [0, 0.05) is 51.0 Å². The standard InChI is InChI=1S/C18H31N5.HI/c1-16-8-4-6-14-23(16)15-7-12-21-18(19-2)22-13-10-17-9-3-5-11-20-17;/h3,5,9,11,16H,4,6-8,10,12-15H2,1-2H3,(H2,19,21,22);1H. The Hall–Kier alpha value is -0.890. The van der Waals surface area contributed by atoms with Crippen LogP contribution in [0.5, 0.6) is 0 Å². The third-order valence-corrected chi connectivity index (χ3v) is 4.48. The molecular formula is C18H32IN5. The summed E-state index contributed by atoms with van der Waals surface area (Å²) in [7, 11) is 1.82. The minimum Gasteiger partial charge on any atom is -0.356 e. The average molecular weight is 445 g/mol. The highest BCUT2D eigenvalue weighted by atomic mass is 127. The summed E-state index contributed by atoms with van der Waals surface area (Å²) in [4.78, 5) is 11.2. The minimum absolute atomic E-state index is 0. The Morgan fingerprint density at radius 2 is 2.12 bits per heavy atom. The second-order valence-corrected chi connectivity index (χ2v) is 6.23. The van der Waals surface area contributed by atoms with Gasteiger partial charge in [-0.2, -0.15) is 0 Å². The number of aliphatic imine (C=N–C) groups is 1. The molecule has 0 aromatic carbocycles. The predicted molar refractivity (Wildman–Crippen MR) is 112 cm³/mol. The van der Waals surface area contributed by atoms with Crippen LogP contribution in [0.25, 0.3) is 0 Å². The molecule has 1 fully saturated rings. The van der Waals surface area contributed by atoms with Gasteiger partial charge >= 0.3 is 0 Å². The molecule has 0 radical (unpaired) electrons. The number of pyridine rings is 1. The van der Waals surface area contributed by atoms with E-state index in [1.165, 1.54) is 32.4 Å². The number of halogens is 1. The van der Waals surface area contributed by atoms with Crippen LogP contribution in [0, 0.1) is 0 Å². The molecule has 24 heavy (non-hydrogen) atoms. The second-order valence-electron chi connectivity index (χ2n) is 6.23. The first kappa shape index (κ1) is 21.2. The van der Waals surface area contributed by atoms with Gasteiger partial charge in [-0.25, -0.2) is 0 Å². The lowest BCUT2D eigenvalue weighted by molar-refractivity contribution is 0.159. The highest BCUT2D eigenvalue weighted by molar-refractivity contribution is 14.0. The molecule has 2 heterocycles. The van der Waals surface area contributed by atoms with Gasteiger partial charge in [-0.3, -0.25) is 9.98 Å². The molecule has 0 spiro atoms. The molecular weight excluding hydrogens is 413 g/mol. The summed E-state index contributed by atoms with van der Waals surface area (Å²) < 4.78 is 0. The Balaban J connectivity index is 0.00000288. The monoisotopic (exact) mass is 445 g/mol. The van der Waals surface area contributed by atoms with Crippen molar-refractivity contribution in [1.29, 1.82) is 0 Å². The third-order valence-electron chi connectivity index (χ3n) is 4.48. The van der Waals surface area contributed by atoms with Crippen LogP contribution in [-0.2, 0) is 6.42 Å². The van der Waals surface area contributed by atoms with E-state index in [1.54, 1.807) is 0 Å². The molecule has 2 rings (SSSR count). The topological polar surface area (TPSA) is 52.6 Å². The fraction of sp³-hybridized carbons (Fsp3) is 0.667. The number of rotatable bonds is 7. The van der Waals surface area contributed by atoms with Crippen molar-refractivity contribution in [3.8, 4) is 0 Å². The summed E-state index contributed by atoms with van der Waals surface area (Å²) in [5.41, 5.74) is 1.11. The van der Waals surface area contributed by atoms with Crippen molar-refractivity contribution in [3.63, 3.8) is 0 Å². The van der Waals surface area contributed by atoms with E-state index in [9.17, 15) is 0 Å². The highest BCUT2D eigenvalue weighted by Gasteiger charge is 2.16.